The van der Waals surface area contributed by atoms with Crippen molar-refractivity contribution in [3.05, 3.63) is 0 Å². The number of nitrogens with zero attached hydrogens (tertiary/aromatic N) is 4. The molecule has 168 valence electrons. The number of likely N-dealkylation sites (tertiary alicyclic amines) is 1. The number of ether oxygens (including phenoxy) is 1. The van der Waals surface area contributed by atoms with Crippen LogP contribution in [0.5, 0.6) is 0 Å². The minimum atomic E-state index is -0.438. The fraction of sp³-hybridized carbons (Fsp3) is 0.905. The summed E-state index contributed by atoms with van der Waals surface area (Å²) < 4.78 is 5.46. The van der Waals surface area contributed by atoms with Crippen molar-refractivity contribution >= 4 is 12.1 Å². The van der Waals surface area contributed by atoms with Crippen LogP contribution in [-0.4, -0.2) is 104 Å². The average Bonchev–Trinajstić information content (AvgIpc) is 2.66. The molecule has 2 N–H and O–H groups in total. The molecule has 0 unspecified atom stereocenters. The van der Waals surface area contributed by atoms with Gasteiger partial charge in [-0.3, -0.25) is 9.89 Å². The van der Waals surface area contributed by atoms with Gasteiger partial charge in [0.2, 0.25) is 0 Å². The Labute approximate surface area is 177 Å². The predicted molar refractivity (Wildman–Crippen MR) is 118 cm³/mol. The summed E-state index contributed by atoms with van der Waals surface area (Å²) in [7, 11) is 1.83. The molecular weight excluding hydrogens is 368 g/mol. The summed E-state index contributed by atoms with van der Waals surface area (Å²) in [5.41, 5.74) is -0.438. The van der Waals surface area contributed by atoms with Gasteiger partial charge in [-0.15, -0.1) is 0 Å². The van der Waals surface area contributed by atoms with Gasteiger partial charge in [-0.25, -0.2) is 4.79 Å². The molecule has 0 atom stereocenters. The Morgan fingerprint density at radius 3 is 2.24 bits per heavy atom. The Morgan fingerprint density at radius 2 is 1.72 bits per heavy atom. The molecule has 0 aromatic rings. The van der Waals surface area contributed by atoms with E-state index in [1.165, 1.54) is 0 Å². The monoisotopic (exact) mass is 410 g/mol. The van der Waals surface area contributed by atoms with Gasteiger partial charge in [-0.05, 0) is 47.5 Å². The lowest BCUT2D eigenvalue weighted by atomic mass is 10.0. The number of piperidine rings is 1. The largest absolute Gasteiger partial charge is 0.444 e. The van der Waals surface area contributed by atoms with Crippen molar-refractivity contribution in [2.45, 2.75) is 65.1 Å². The summed E-state index contributed by atoms with van der Waals surface area (Å²) in [6.07, 6.45) is 2.11. The Balaban J connectivity index is 1.62. The first-order valence-corrected chi connectivity index (χ1v) is 11.1. The fourth-order valence-corrected chi connectivity index (χ4v) is 3.76. The van der Waals surface area contributed by atoms with E-state index in [0.29, 0.717) is 12.1 Å². The van der Waals surface area contributed by atoms with Crippen LogP contribution in [0.1, 0.15) is 47.5 Å². The third-order valence-electron chi connectivity index (χ3n) is 5.57. The second-order valence-electron chi connectivity index (χ2n) is 9.36. The van der Waals surface area contributed by atoms with Crippen LogP contribution in [0.2, 0.25) is 0 Å². The highest BCUT2D eigenvalue weighted by Gasteiger charge is 2.26. The first-order chi connectivity index (χ1) is 13.7. The first-order valence-electron chi connectivity index (χ1n) is 11.1. The average molecular weight is 411 g/mol. The number of rotatable bonds is 5. The molecule has 2 saturated heterocycles. The number of piperazine rings is 1. The summed E-state index contributed by atoms with van der Waals surface area (Å²) in [5, 5.41) is 7.01. The van der Waals surface area contributed by atoms with Crippen LogP contribution in [0.15, 0.2) is 4.99 Å². The van der Waals surface area contributed by atoms with E-state index in [0.717, 1.165) is 71.2 Å². The van der Waals surface area contributed by atoms with E-state index in [-0.39, 0.29) is 6.09 Å². The van der Waals surface area contributed by atoms with Crippen LogP contribution in [-0.2, 0) is 4.74 Å². The molecular formula is C21H42N6O2. The summed E-state index contributed by atoms with van der Waals surface area (Å²) in [6, 6.07) is 1.12. The lowest BCUT2D eigenvalue weighted by molar-refractivity contribution is 0.0147. The molecule has 2 heterocycles. The maximum absolute atomic E-state index is 12.2. The minimum absolute atomic E-state index is 0.205. The normalized spacial score (nSPS) is 20.8. The van der Waals surface area contributed by atoms with Gasteiger partial charge in [0, 0.05) is 71.5 Å². The highest BCUT2D eigenvalue weighted by atomic mass is 16.6. The number of hydrogen-bond donors (Lipinski definition) is 2. The van der Waals surface area contributed by atoms with Crippen molar-refractivity contribution in [3.63, 3.8) is 0 Å². The van der Waals surface area contributed by atoms with Gasteiger partial charge in [-0.2, -0.15) is 0 Å². The molecule has 0 aromatic carbocycles. The van der Waals surface area contributed by atoms with Crippen molar-refractivity contribution in [1.29, 1.82) is 0 Å². The molecule has 0 aromatic heterocycles. The lowest BCUT2D eigenvalue weighted by Gasteiger charge is -2.36. The fourth-order valence-electron chi connectivity index (χ4n) is 3.76. The van der Waals surface area contributed by atoms with Crippen molar-refractivity contribution < 1.29 is 9.53 Å². The maximum atomic E-state index is 12.2. The first kappa shape index (κ1) is 23.7. The van der Waals surface area contributed by atoms with Crippen LogP contribution in [0, 0.1) is 0 Å². The highest BCUT2D eigenvalue weighted by molar-refractivity contribution is 5.79. The topological polar surface area (TPSA) is 72.4 Å². The molecule has 2 rings (SSSR count). The Morgan fingerprint density at radius 1 is 1.10 bits per heavy atom. The van der Waals surface area contributed by atoms with E-state index >= 15 is 0 Å². The molecule has 0 radical (unpaired) electrons. The molecule has 2 aliphatic heterocycles. The van der Waals surface area contributed by atoms with Crippen molar-refractivity contribution in [2.75, 3.05) is 59.4 Å². The van der Waals surface area contributed by atoms with Gasteiger partial charge < -0.3 is 25.2 Å². The maximum Gasteiger partial charge on any atom is 0.410 e. The van der Waals surface area contributed by atoms with Gasteiger partial charge in [0.15, 0.2) is 5.96 Å². The molecule has 0 saturated carbocycles. The highest BCUT2D eigenvalue weighted by Crippen LogP contribution is 2.13. The Hall–Kier alpha value is -1.54. The van der Waals surface area contributed by atoms with E-state index in [9.17, 15) is 4.79 Å². The van der Waals surface area contributed by atoms with Crippen LogP contribution in [0.4, 0.5) is 4.79 Å². The molecule has 1 amide bonds. The number of carbonyl (C=O) groups is 1. The zero-order chi connectivity index (χ0) is 21.4. The molecule has 2 fully saturated rings. The number of guanidine groups is 1. The number of amides is 1. The molecule has 29 heavy (non-hydrogen) atoms. The Kier molecular flexibility index (Phi) is 9.02. The summed E-state index contributed by atoms with van der Waals surface area (Å²) >= 11 is 0. The quantitative estimate of drug-likeness (QED) is 0.530. The lowest BCUT2D eigenvalue weighted by Crippen LogP contribution is -2.53. The van der Waals surface area contributed by atoms with Crippen LogP contribution >= 0.6 is 0 Å². The molecule has 0 aliphatic carbocycles. The van der Waals surface area contributed by atoms with Crippen LogP contribution in [0.25, 0.3) is 0 Å². The second kappa shape index (κ2) is 11.0. The van der Waals surface area contributed by atoms with E-state index in [4.69, 9.17) is 4.74 Å². The van der Waals surface area contributed by atoms with E-state index in [2.05, 4.69) is 39.3 Å². The molecule has 2 aliphatic rings. The second-order valence-corrected chi connectivity index (χ2v) is 9.36. The zero-order valence-electron chi connectivity index (χ0n) is 19.3. The molecule has 8 heteroatoms. The van der Waals surface area contributed by atoms with Crippen LogP contribution < -0.4 is 10.6 Å². The van der Waals surface area contributed by atoms with Crippen molar-refractivity contribution in [3.8, 4) is 0 Å². The van der Waals surface area contributed by atoms with E-state index in [1.54, 1.807) is 4.90 Å². The Bertz CT molecular complexity index is 530. The van der Waals surface area contributed by atoms with E-state index < -0.39 is 5.60 Å². The molecule has 8 nitrogen and oxygen atoms in total. The standard InChI is InChI=1S/C21H42N6O2/c1-17(2)26-10-7-18(8-11-26)24-19(22-6)23-9-12-25-13-15-27(16-14-25)20(28)29-21(3,4)5/h17-18H,7-16H2,1-6H3,(H2,22,23,24). The SMILES string of the molecule is CN=C(NCCN1CCN(C(=O)OC(C)(C)C)CC1)NC1CCN(C(C)C)CC1. The van der Waals surface area contributed by atoms with Gasteiger partial charge in [-0.1, -0.05) is 0 Å². The van der Waals surface area contributed by atoms with Gasteiger partial charge in [0.25, 0.3) is 0 Å². The molecule has 0 spiro atoms. The minimum Gasteiger partial charge on any atom is -0.444 e. The zero-order valence-corrected chi connectivity index (χ0v) is 19.3. The van der Waals surface area contributed by atoms with Crippen molar-refractivity contribution in [1.82, 2.24) is 25.3 Å². The number of hydrogen-bond acceptors (Lipinski definition) is 5. The summed E-state index contributed by atoms with van der Waals surface area (Å²) in [5.74, 6) is 0.889. The third kappa shape index (κ3) is 8.38. The number of aliphatic imine (C=N–C) groups is 1. The number of carbonyl (C=O) groups excluding carboxylic acids is 1. The number of nitrogens with one attached hydrogen (secondary N) is 2. The van der Waals surface area contributed by atoms with Crippen LogP contribution in [0.3, 0.4) is 0 Å². The molecule has 0 bridgehead atoms. The summed E-state index contributed by atoms with van der Waals surface area (Å²) in [6.45, 7) is 17.5. The smallest absolute Gasteiger partial charge is 0.410 e. The van der Waals surface area contributed by atoms with Gasteiger partial charge in [0.05, 0.1) is 0 Å². The van der Waals surface area contributed by atoms with E-state index in [1.807, 2.05) is 27.8 Å². The van der Waals surface area contributed by atoms with Gasteiger partial charge in [0.1, 0.15) is 5.60 Å². The summed E-state index contributed by atoms with van der Waals surface area (Å²) in [4.78, 5) is 23.3. The third-order valence-corrected chi connectivity index (χ3v) is 5.57. The van der Waals surface area contributed by atoms with Crippen molar-refractivity contribution in [2.24, 2.45) is 4.99 Å². The van der Waals surface area contributed by atoms with Gasteiger partial charge >= 0.3 is 6.09 Å². The predicted octanol–water partition coefficient (Wildman–Crippen LogP) is 1.58.